The Labute approximate surface area is 224 Å². The highest BCUT2D eigenvalue weighted by atomic mass is 16.4. The molecule has 2 heterocycles. The minimum Gasteiger partial charge on any atom is -0.481 e. The van der Waals surface area contributed by atoms with Crippen molar-refractivity contribution in [2.45, 2.75) is 58.8 Å². The number of aliphatic carboxylic acids is 2. The van der Waals surface area contributed by atoms with E-state index in [2.05, 4.69) is 32.4 Å². The van der Waals surface area contributed by atoms with Crippen LogP contribution in [0.5, 0.6) is 0 Å². The van der Waals surface area contributed by atoms with Crippen LogP contribution in [-0.2, 0) is 9.59 Å². The summed E-state index contributed by atoms with van der Waals surface area (Å²) < 4.78 is 0. The molecule has 4 N–H and O–H groups in total. The van der Waals surface area contributed by atoms with Crippen LogP contribution in [0, 0.1) is 23.3 Å². The summed E-state index contributed by atoms with van der Waals surface area (Å²) in [7, 11) is 0. The second-order valence-corrected chi connectivity index (χ2v) is 10.00. The van der Waals surface area contributed by atoms with Gasteiger partial charge in [0.15, 0.2) is 6.19 Å². The summed E-state index contributed by atoms with van der Waals surface area (Å²) in [5, 5.41) is 34.6. The van der Waals surface area contributed by atoms with Gasteiger partial charge in [-0.15, -0.1) is 0 Å². The van der Waals surface area contributed by atoms with Crippen molar-refractivity contribution in [2.75, 3.05) is 31.5 Å². The fraction of sp³-hybridized carbons (Fsp3) is 0.536. The Morgan fingerprint density at radius 3 is 2.61 bits per heavy atom. The molecule has 1 aromatic carbocycles. The van der Waals surface area contributed by atoms with Crippen molar-refractivity contribution >= 4 is 29.3 Å². The molecule has 0 radical (unpaired) electrons. The maximum absolute atomic E-state index is 12.1. The van der Waals surface area contributed by atoms with Crippen molar-refractivity contribution in [3.63, 3.8) is 0 Å². The third kappa shape index (κ3) is 7.42. The molecule has 0 spiro atoms. The Kier molecular flexibility index (Phi) is 10.4. The molecule has 204 valence electrons. The van der Waals surface area contributed by atoms with Crippen molar-refractivity contribution in [2.24, 2.45) is 21.8 Å². The lowest BCUT2D eigenvalue weighted by Crippen LogP contribution is -2.35. The molecule has 0 amide bonds. The Morgan fingerprint density at radius 1 is 1.24 bits per heavy atom. The van der Waals surface area contributed by atoms with Gasteiger partial charge in [0.05, 0.1) is 5.57 Å². The molecular weight excluding hydrogens is 484 g/mol. The van der Waals surface area contributed by atoms with Crippen molar-refractivity contribution in [3.05, 3.63) is 41.1 Å². The second-order valence-electron chi connectivity index (χ2n) is 10.00. The molecule has 2 unspecified atom stereocenters. The molecule has 10 heteroatoms. The van der Waals surface area contributed by atoms with Crippen molar-refractivity contribution in [3.8, 4) is 6.19 Å². The highest BCUT2D eigenvalue weighted by Gasteiger charge is 2.41. The van der Waals surface area contributed by atoms with Gasteiger partial charge in [0, 0.05) is 29.6 Å². The molecule has 0 aliphatic carbocycles. The van der Waals surface area contributed by atoms with E-state index in [9.17, 15) is 25.1 Å². The van der Waals surface area contributed by atoms with Crippen molar-refractivity contribution < 1.29 is 19.8 Å². The van der Waals surface area contributed by atoms with Gasteiger partial charge >= 0.3 is 11.9 Å². The molecule has 0 saturated carbocycles. The maximum atomic E-state index is 12.1. The van der Waals surface area contributed by atoms with Crippen LogP contribution in [0.15, 0.2) is 45.5 Å². The minimum absolute atomic E-state index is 0.0390. The van der Waals surface area contributed by atoms with Crippen molar-refractivity contribution in [1.82, 2.24) is 10.2 Å². The first-order valence-electron chi connectivity index (χ1n) is 13.3. The number of nitrogens with zero attached hydrogens (tertiary/aromatic N) is 4. The Morgan fingerprint density at radius 2 is 1.97 bits per heavy atom. The van der Waals surface area contributed by atoms with E-state index in [1.165, 1.54) is 25.7 Å². The first-order valence-corrected chi connectivity index (χ1v) is 13.3. The number of piperidine rings is 1. The molecule has 1 aromatic rings. The van der Waals surface area contributed by atoms with Gasteiger partial charge < -0.3 is 20.4 Å². The number of nitriles is 1. The quantitative estimate of drug-likeness (QED) is 0.118. The van der Waals surface area contributed by atoms with Gasteiger partial charge in [0.25, 0.3) is 0 Å². The summed E-state index contributed by atoms with van der Waals surface area (Å²) in [6.07, 6.45) is 7.83. The maximum Gasteiger partial charge on any atom is 0.334 e. The number of carboxylic acids is 2. The number of rotatable bonds is 10. The molecule has 1 saturated heterocycles. The van der Waals surface area contributed by atoms with Crippen LogP contribution in [0.4, 0.5) is 5.69 Å². The lowest BCUT2D eigenvalue weighted by Gasteiger charge is -2.31. The smallest absolute Gasteiger partial charge is 0.334 e. The average Bonchev–Trinajstić information content (AvgIpc) is 2.87. The lowest BCUT2D eigenvalue weighted by molar-refractivity contribution is -0.140. The van der Waals surface area contributed by atoms with Gasteiger partial charge in [0.2, 0.25) is 5.96 Å². The van der Waals surface area contributed by atoms with Gasteiger partial charge in [-0.05, 0) is 76.4 Å². The Bertz CT molecular complexity index is 1140. The summed E-state index contributed by atoms with van der Waals surface area (Å²) in [4.78, 5) is 35.4. The standard InChI is InChI=1S/C28H38N6O4/c1-4-7-20-10-14-34(15-11-20)13-6-12-30-28(31-17-29)33-22-9-5-8-21(16-22)25-23(26(35)36)18(2)32-19(3)24(25)27(37)38/h5,8-9,16,20,23,25H,4,6-7,10-15H2,1-3H3,(H,35,36)(H,37,38)(H2,30,31,33). The van der Waals surface area contributed by atoms with Crippen LogP contribution < -0.4 is 10.6 Å². The van der Waals surface area contributed by atoms with Gasteiger partial charge in [-0.2, -0.15) is 5.26 Å². The normalized spacial score (nSPS) is 21.0. The van der Waals surface area contributed by atoms with Crippen LogP contribution in [0.25, 0.3) is 0 Å². The predicted octanol–water partition coefficient (Wildman–Crippen LogP) is 4.04. The Hall–Kier alpha value is -3.71. The first kappa shape index (κ1) is 28.9. The number of carboxylic acid groups (broad SMARTS) is 2. The van der Waals surface area contributed by atoms with E-state index in [1.54, 1.807) is 38.1 Å². The summed E-state index contributed by atoms with van der Waals surface area (Å²) in [5.74, 6) is -3.21. The van der Waals surface area contributed by atoms with E-state index in [0.717, 1.165) is 32.0 Å². The number of hydrogen-bond acceptors (Lipinski definition) is 6. The van der Waals surface area contributed by atoms with Crippen LogP contribution in [0.1, 0.15) is 64.4 Å². The molecule has 0 aromatic heterocycles. The number of aliphatic imine (C=N–C) groups is 2. The molecular formula is C28H38N6O4. The van der Waals surface area contributed by atoms with Crippen molar-refractivity contribution in [1.29, 1.82) is 5.26 Å². The van der Waals surface area contributed by atoms with Crippen LogP contribution >= 0.6 is 0 Å². The zero-order valence-corrected chi connectivity index (χ0v) is 22.4. The summed E-state index contributed by atoms with van der Waals surface area (Å²) in [6, 6.07) is 6.89. The Balaban J connectivity index is 1.70. The zero-order chi connectivity index (χ0) is 27.7. The molecule has 2 atom stereocenters. The summed E-state index contributed by atoms with van der Waals surface area (Å²) in [5.41, 5.74) is 1.69. The topological polar surface area (TPSA) is 150 Å². The number of allylic oxidation sites excluding steroid dienone is 1. The van der Waals surface area contributed by atoms with Gasteiger partial charge in [-0.25, -0.2) is 4.79 Å². The summed E-state index contributed by atoms with van der Waals surface area (Å²) in [6.45, 7) is 9.16. The highest BCUT2D eigenvalue weighted by molar-refractivity contribution is 6.06. The van der Waals surface area contributed by atoms with E-state index in [4.69, 9.17) is 0 Å². The largest absolute Gasteiger partial charge is 0.481 e. The number of benzene rings is 1. The van der Waals surface area contributed by atoms with E-state index < -0.39 is 23.8 Å². The van der Waals surface area contributed by atoms with Crippen LogP contribution in [-0.4, -0.2) is 64.9 Å². The number of likely N-dealkylation sites (tertiary alicyclic amines) is 1. The van der Waals surface area contributed by atoms with Crippen LogP contribution in [0.2, 0.25) is 0 Å². The number of nitrogens with one attached hydrogen (secondary N) is 2. The summed E-state index contributed by atoms with van der Waals surface area (Å²) >= 11 is 0. The van der Waals surface area contributed by atoms with E-state index >= 15 is 0 Å². The van der Waals surface area contributed by atoms with Crippen LogP contribution in [0.3, 0.4) is 0 Å². The lowest BCUT2D eigenvalue weighted by atomic mass is 9.75. The molecule has 2 aliphatic rings. The monoisotopic (exact) mass is 522 g/mol. The fourth-order valence-corrected chi connectivity index (χ4v) is 5.50. The van der Waals surface area contributed by atoms with E-state index in [0.29, 0.717) is 29.2 Å². The molecule has 0 bridgehead atoms. The molecule has 1 fully saturated rings. The SMILES string of the molecule is CCCC1CCN(CCCN=C(NC#N)Nc2cccc(C3C(C(=O)O)=C(C)N=C(C)C3C(=O)O)c2)CC1. The van der Waals surface area contributed by atoms with Gasteiger partial charge in [0.1, 0.15) is 5.92 Å². The molecule has 3 rings (SSSR count). The molecule has 10 nitrogen and oxygen atoms in total. The highest BCUT2D eigenvalue weighted by Crippen LogP contribution is 2.39. The second kappa shape index (κ2) is 13.7. The third-order valence-electron chi connectivity index (χ3n) is 7.31. The zero-order valence-electron chi connectivity index (χ0n) is 22.4. The third-order valence-corrected chi connectivity index (χ3v) is 7.31. The van der Waals surface area contributed by atoms with Gasteiger partial charge in [-0.3, -0.25) is 20.1 Å². The average molecular weight is 523 g/mol. The molecule has 2 aliphatic heterocycles. The fourth-order valence-electron chi connectivity index (χ4n) is 5.50. The minimum atomic E-state index is -1.20. The number of hydrogen-bond donors (Lipinski definition) is 4. The molecule has 38 heavy (non-hydrogen) atoms. The van der Waals surface area contributed by atoms with E-state index in [-0.39, 0.29) is 11.5 Å². The first-order chi connectivity index (χ1) is 18.2. The number of anilines is 1. The van der Waals surface area contributed by atoms with E-state index in [1.807, 2.05) is 6.19 Å². The number of carbonyl (C=O) groups is 2. The predicted molar refractivity (Wildman–Crippen MR) is 147 cm³/mol. The number of guanidine groups is 1. The van der Waals surface area contributed by atoms with Gasteiger partial charge in [-0.1, -0.05) is 31.9 Å².